The average molecular weight is 177 g/mol. The minimum Gasteiger partial charge on any atom is -0.359 e. The fourth-order valence-electron chi connectivity index (χ4n) is 0.953. The molecule has 1 aliphatic heterocycles. The van der Waals surface area contributed by atoms with E-state index < -0.39 is 0 Å². The first-order chi connectivity index (χ1) is 4.54. The van der Waals surface area contributed by atoms with Crippen molar-refractivity contribution in [2.45, 2.75) is 19.4 Å². The molecule has 0 aromatic heterocycles. The van der Waals surface area contributed by atoms with Gasteiger partial charge in [0, 0.05) is 0 Å². The molecule has 0 aromatic carbocycles. The van der Waals surface area contributed by atoms with Gasteiger partial charge >= 0.3 is 0 Å². The van der Waals surface area contributed by atoms with Crippen molar-refractivity contribution in [2.24, 2.45) is 0 Å². The molecule has 4 heteroatoms. The molecule has 0 bridgehead atoms. The van der Waals surface area contributed by atoms with Crippen molar-refractivity contribution in [1.29, 1.82) is 0 Å². The lowest BCUT2D eigenvalue weighted by Gasteiger charge is -2.28. The van der Waals surface area contributed by atoms with Crippen LogP contribution in [0.5, 0.6) is 0 Å². The van der Waals surface area contributed by atoms with Gasteiger partial charge in [0.15, 0.2) is 0 Å². The summed E-state index contributed by atoms with van der Waals surface area (Å²) < 4.78 is 5.84. The molecule has 0 aliphatic carbocycles. The maximum absolute atomic E-state index is 5.22. The lowest BCUT2D eigenvalue weighted by molar-refractivity contribution is 0.170. The first-order valence-electron chi connectivity index (χ1n) is 3.12. The molecule has 0 unspecified atom stereocenters. The number of thiol groups is 1. The van der Waals surface area contributed by atoms with Gasteiger partial charge in [0.2, 0.25) is 0 Å². The standard InChI is InChI=1S/C6H11NOS2/c1-6(2)3-8-4-7(6)5(9)10/h3-4H2,1-2H3,(H,9,10). The van der Waals surface area contributed by atoms with Crippen molar-refractivity contribution in [3.05, 3.63) is 0 Å². The van der Waals surface area contributed by atoms with E-state index in [0.717, 1.165) is 6.61 Å². The Bertz CT molecular complexity index is 158. The summed E-state index contributed by atoms with van der Waals surface area (Å²) in [4.78, 5) is 1.96. The predicted molar refractivity (Wildman–Crippen MR) is 48.3 cm³/mol. The van der Waals surface area contributed by atoms with E-state index in [1.54, 1.807) is 0 Å². The molecule has 0 amide bonds. The van der Waals surface area contributed by atoms with Gasteiger partial charge in [0.05, 0.1) is 12.1 Å². The van der Waals surface area contributed by atoms with Crippen LogP contribution >= 0.6 is 24.8 Å². The van der Waals surface area contributed by atoms with Gasteiger partial charge in [-0.2, -0.15) is 0 Å². The number of nitrogens with zero attached hydrogens (tertiary/aromatic N) is 1. The van der Waals surface area contributed by atoms with Gasteiger partial charge in [-0.25, -0.2) is 0 Å². The molecule has 1 aliphatic rings. The van der Waals surface area contributed by atoms with Gasteiger partial charge in [-0.3, -0.25) is 0 Å². The Morgan fingerprint density at radius 3 is 2.50 bits per heavy atom. The van der Waals surface area contributed by atoms with E-state index in [4.69, 9.17) is 17.0 Å². The second kappa shape index (κ2) is 2.68. The van der Waals surface area contributed by atoms with E-state index in [-0.39, 0.29) is 5.54 Å². The topological polar surface area (TPSA) is 12.5 Å². The number of hydrogen-bond acceptors (Lipinski definition) is 2. The Balaban J connectivity index is 2.68. The zero-order valence-corrected chi connectivity index (χ0v) is 7.84. The summed E-state index contributed by atoms with van der Waals surface area (Å²) in [5.74, 6) is 0. The van der Waals surface area contributed by atoms with Gasteiger partial charge in [-0.05, 0) is 13.8 Å². The first-order valence-corrected chi connectivity index (χ1v) is 3.98. The Morgan fingerprint density at radius 2 is 2.30 bits per heavy atom. The van der Waals surface area contributed by atoms with Crippen LogP contribution < -0.4 is 0 Å². The summed E-state index contributed by atoms with van der Waals surface area (Å²) in [5.41, 5.74) is 0.0266. The van der Waals surface area contributed by atoms with Crippen LogP contribution in [0.1, 0.15) is 13.8 Å². The SMILES string of the molecule is CC1(C)COCN1C(=S)S. The normalized spacial score (nSPS) is 23.3. The van der Waals surface area contributed by atoms with E-state index in [2.05, 4.69) is 26.5 Å². The van der Waals surface area contributed by atoms with Crippen LogP contribution in [-0.2, 0) is 4.74 Å². The summed E-state index contributed by atoms with van der Waals surface area (Å²) >= 11 is 9.00. The van der Waals surface area contributed by atoms with Crippen LogP contribution in [0.3, 0.4) is 0 Å². The van der Waals surface area contributed by atoms with E-state index in [1.807, 2.05) is 4.90 Å². The largest absolute Gasteiger partial charge is 0.359 e. The molecule has 0 radical (unpaired) electrons. The predicted octanol–water partition coefficient (Wildman–Crippen LogP) is 1.27. The van der Waals surface area contributed by atoms with Gasteiger partial charge < -0.3 is 9.64 Å². The third-order valence-electron chi connectivity index (χ3n) is 1.64. The lowest BCUT2D eigenvalue weighted by atomic mass is 10.1. The molecule has 1 saturated heterocycles. The van der Waals surface area contributed by atoms with Crippen LogP contribution in [0.15, 0.2) is 0 Å². The van der Waals surface area contributed by atoms with Crippen LogP contribution in [0.2, 0.25) is 0 Å². The molecule has 0 spiro atoms. The third kappa shape index (κ3) is 1.44. The minimum absolute atomic E-state index is 0.0266. The van der Waals surface area contributed by atoms with Crippen molar-refractivity contribution >= 4 is 29.2 Å². The Morgan fingerprint density at radius 1 is 1.70 bits per heavy atom. The van der Waals surface area contributed by atoms with Gasteiger partial charge in [0.25, 0.3) is 0 Å². The number of ether oxygens (including phenoxy) is 1. The van der Waals surface area contributed by atoms with Gasteiger partial charge in [0.1, 0.15) is 11.1 Å². The van der Waals surface area contributed by atoms with Crippen molar-refractivity contribution in [3.63, 3.8) is 0 Å². The monoisotopic (exact) mass is 177 g/mol. The van der Waals surface area contributed by atoms with E-state index >= 15 is 0 Å². The van der Waals surface area contributed by atoms with Crippen LogP contribution in [0.25, 0.3) is 0 Å². The van der Waals surface area contributed by atoms with E-state index in [9.17, 15) is 0 Å². The van der Waals surface area contributed by atoms with Crippen LogP contribution in [0, 0.1) is 0 Å². The van der Waals surface area contributed by atoms with Crippen molar-refractivity contribution in [2.75, 3.05) is 13.3 Å². The molecule has 58 valence electrons. The first kappa shape index (κ1) is 8.30. The zero-order chi connectivity index (χ0) is 7.78. The molecule has 1 heterocycles. The number of rotatable bonds is 0. The number of thiocarbonyl (C=S) groups is 1. The summed E-state index contributed by atoms with van der Waals surface area (Å²) in [5, 5.41) is 0. The second-order valence-electron chi connectivity index (χ2n) is 3.00. The molecule has 0 N–H and O–H groups in total. The van der Waals surface area contributed by atoms with E-state index in [1.165, 1.54) is 0 Å². The highest BCUT2D eigenvalue weighted by Crippen LogP contribution is 2.22. The van der Waals surface area contributed by atoms with Gasteiger partial charge in [-0.15, -0.1) is 12.6 Å². The smallest absolute Gasteiger partial charge is 0.135 e. The molecule has 10 heavy (non-hydrogen) atoms. The molecule has 2 nitrogen and oxygen atoms in total. The Hall–Kier alpha value is 0.200. The average Bonchev–Trinajstić information content (AvgIpc) is 2.08. The molecular formula is C6H11NOS2. The fraction of sp³-hybridized carbons (Fsp3) is 0.833. The molecule has 1 rings (SSSR count). The molecular weight excluding hydrogens is 166 g/mol. The minimum atomic E-state index is 0.0266. The maximum atomic E-state index is 5.22. The van der Waals surface area contributed by atoms with Crippen molar-refractivity contribution in [3.8, 4) is 0 Å². The fourth-order valence-corrected chi connectivity index (χ4v) is 1.58. The van der Waals surface area contributed by atoms with Crippen LogP contribution in [0.4, 0.5) is 0 Å². The van der Waals surface area contributed by atoms with Gasteiger partial charge in [-0.1, -0.05) is 12.2 Å². The maximum Gasteiger partial charge on any atom is 0.135 e. The highest BCUT2D eigenvalue weighted by Gasteiger charge is 2.33. The molecule has 1 fully saturated rings. The quantitative estimate of drug-likeness (QED) is 0.442. The highest BCUT2D eigenvalue weighted by molar-refractivity contribution is 8.10. The van der Waals surface area contributed by atoms with Crippen molar-refractivity contribution in [1.82, 2.24) is 4.90 Å². The molecule has 0 saturated carbocycles. The highest BCUT2D eigenvalue weighted by atomic mass is 32.1. The molecule has 0 atom stereocenters. The summed E-state index contributed by atoms with van der Waals surface area (Å²) in [7, 11) is 0. The van der Waals surface area contributed by atoms with Crippen LogP contribution in [-0.4, -0.2) is 28.1 Å². The zero-order valence-electron chi connectivity index (χ0n) is 6.13. The van der Waals surface area contributed by atoms with Crippen molar-refractivity contribution < 1.29 is 4.74 Å². The lowest BCUT2D eigenvalue weighted by Crippen LogP contribution is -2.41. The summed E-state index contributed by atoms with van der Waals surface area (Å²) in [6, 6.07) is 0. The Labute approximate surface area is 71.9 Å². The Kier molecular flexibility index (Phi) is 2.22. The second-order valence-corrected chi connectivity index (χ2v) is 4.11. The molecule has 0 aromatic rings. The summed E-state index contributed by atoms with van der Waals surface area (Å²) in [6.45, 7) is 5.48. The van der Waals surface area contributed by atoms with E-state index in [0.29, 0.717) is 11.1 Å². The number of hydrogen-bond donors (Lipinski definition) is 1. The third-order valence-corrected chi connectivity index (χ3v) is 2.10. The summed E-state index contributed by atoms with van der Waals surface area (Å²) in [6.07, 6.45) is 0.